The second kappa shape index (κ2) is 7.65. The molecule has 1 aromatic heterocycles. The van der Waals surface area contributed by atoms with Crippen LogP contribution in [0.5, 0.6) is 0 Å². The molecule has 1 saturated heterocycles. The number of nitrogens with one attached hydrogen (secondary N) is 1. The number of hydrogen-bond acceptors (Lipinski definition) is 6. The number of carbonyl (C=O) groups excluding carboxylic acids is 2. The molecule has 2 aliphatic heterocycles. The van der Waals surface area contributed by atoms with Crippen LogP contribution in [0.3, 0.4) is 0 Å². The molecule has 1 fully saturated rings. The summed E-state index contributed by atoms with van der Waals surface area (Å²) in [6.45, 7) is 6.50. The van der Waals surface area contributed by atoms with Gasteiger partial charge in [0.15, 0.2) is 5.82 Å². The predicted molar refractivity (Wildman–Crippen MR) is 105 cm³/mol. The Morgan fingerprint density at radius 3 is 2.66 bits per heavy atom. The summed E-state index contributed by atoms with van der Waals surface area (Å²) in [7, 11) is 0. The predicted octanol–water partition coefficient (Wildman–Crippen LogP) is 2.17. The third-order valence-corrected chi connectivity index (χ3v) is 5.21. The van der Waals surface area contributed by atoms with Gasteiger partial charge in [-0.1, -0.05) is 35.0 Å². The maximum absolute atomic E-state index is 12.8. The molecule has 1 unspecified atom stereocenters. The molecule has 0 saturated carbocycles. The molecule has 3 amide bonds. The Morgan fingerprint density at radius 2 is 2.03 bits per heavy atom. The molecular weight excluding hydrogens is 372 g/mol. The van der Waals surface area contributed by atoms with Gasteiger partial charge in [0.2, 0.25) is 11.8 Å². The number of hydrogen-bond donors (Lipinski definition) is 1. The number of carbonyl (C=O) groups is 2. The van der Waals surface area contributed by atoms with Crippen molar-refractivity contribution in [3.8, 4) is 0 Å². The van der Waals surface area contributed by atoms with Gasteiger partial charge in [0, 0.05) is 13.0 Å². The third-order valence-electron chi connectivity index (χ3n) is 5.21. The van der Waals surface area contributed by atoms with Crippen LogP contribution in [-0.2, 0) is 4.79 Å². The molecule has 152 valence electrons. The Hall–Kier alpha value is -3.23. The van der Waals surface area contributed by atoms with E-state index in [0.29, 0.717) is 31.2 Å². The molecule has 1 aromatic carbocycles. The number of rotatable bonds is 4. The number of amides is 3. The molecule has 0 radical (unpaired) electrons. The highest BCUT2D eigenvalue weighted by molar-refractivity contribution is 6.08. The van der Waals surface area contributed by atoms with E-state index in [0.717, 1.165) is 23.3 Å². The van der Waals surface area contributed by atoms with Crippen LogP contribution in [0.15, 0.2) is 33.9 Å². The first kappa shape index (κ1) is 19.1. The molecule has 2 atom stereocenters. The Labute approximate surface area is 168 Å². The fraction of sp³-hybridized carbons (Fsp3) is 0.450. The van der Waals surface area contributed by atoms with Crippen LogP contribution in [-0.4, -0.2) is 56.8 Å². The first-order valence-electron chi connectivity index (χ1n) is 9.75. The number of likely N-dealkylation sites (tertiary alicyclic amines) is 1. The minimum Gasteiger partial charge on any atom is -0.337 e. The number of nitrogens with zero attached hydrogens (tertiary/aromatic N) is 5. The number of aromatic nitrogens is 2. The van der Waals surface area contributed by atoms with Crippen molar-refractivity contribution in [3.05, 3.63) is 47.1 Å². The molecule has 9 heteroatoms. The first-order valence-corrected chi connectivity index (χ1v) is 9.75. The standard InChI is InChI=1S/C20H24N6O3/c1-12-6-8-15(9-7-12)18-16(25-10-4-5-17(25)27)11-26(23-18)20(28)21-13(2)19-22-14(3)24-29-19/h6-9,13,16H,4-5,10-11H2,1-3H3,(H,21,28)/t13?,16-/m1/s1. The maximum Gasteiger partial charge on any atom is 0.338 e. The summed E-state index contributed by atoms with van der Waals surface area (Å²) in [6.07, 6.45) is 1.37. The average molecular weight is 396 g/mol. The van der Waals surface area contributed by atoms with Crippen molar-refractivity contribution >= 4 is 17.6 Å². The van der Waals surface area contributed by atoms with Crippen molar-refractivity contribution in [2.24, 2.45) is 5.10 Å². The Morgan fingerprint density at radius 1 is 1.28 bits per heavy atom. The molecule has 3 heterocycles. The molecule has 0 bridgehead atoms. The van der Waals surface area contributed by atoms with Gasteiger partial charge in [0.05, 0.1) is 18.3 Å². The van der Waals surface area contributed by atoms with E-state index in [-0.39, 0.29) is 18.0 Å². The number of benzene rings is 1. The van der Waals surface area contributed by atoms with Gasteiger partial charge in [-0.3, -0.25) is 4.79 Å². The zero-order valence-electron chi connectivity index (χ0n) is 16.8. The van der Waals surface area contributed by atoms with E-state index in [9.17, 15) is 9.59 Å². The zero-order chi connectivity index (χ0) is 20.5. The van der Waals surface area contributed by atoms with Gasteiger partial charge < -0.3 is 14.7 Å². The van der Waals surface area contributed by atoms with Gasteiger partial charge in [-0.25, -0.2) is 9.80 Å². The summed E-state index contributed by atoms with van der Waals surface area (Å²) in [6, 6.07) is 6.90. The number of aryl methyl sites for hydroxylation is 2. The summed E-state index contributed by atoms with van der Waals surface area (Å²) < 4.78 is 5.12. The van der Waals surface area contributed by atoms with Crippen molar-refractivity contribution in [2.45, 2.75) is 45.7 Å². The van der Waals surface area contributed by atoms with Crippen LogP contribution in [0.1, 0.15) is 48.6 Å². The van der Waals surface area contributed by atoms with Crippen LogP contribution in [0.4, 0.5) is 4.79 Å². The lowest BCUT2D eigenvalue weighted by Crippen LogP contribution is -2.46. The van der Waals surface area contributed by atoms with Gasteiger partial charge >= 0.3 is 6.03 Å². The maximum atomic E-state index is 12.8. The topological polar surface area (TPSA) is 104 Å². The number of urea groups is 1. The van der Waals surface area contributed by atoms with Crippen LogP contribution in [0, 0.1) is 13.8 Å². The van der Waals surface area contributed by atoms with Crippen LogP contribution >= 0.6 is 0 Å². The quantitative estimate of drug-likeness (QED) is 0.853. The summed E-state index contributed by atoms with van der Waals surface area (Å²) in [5.74, 6) is 0.949. The first-order chi connectivity index (χ1) is 13.9. The highest BCUT2D eigenvalue weighted by Gasteiger charge is 2.39. The van der Waals surface area contributed by atoms with Crippen molar-refractivity contribution in [2.75, 3.05) is 13.1 Å². The molecule has 1 N–H and O–H groups in total. The van der Waals surface area contributed by atoms with Crippen LogP contribution < -0.4 is 5.32 Å². The molecule has 29 heavy (non-hydrogen) atoms. The normalized spacial score (nSPS) is 20.2. The van der Waals surface area contributed by atoms with E-state index >= 15 is 0 Å². The second-order valence-corrected chi connectivity index (χ2v) is 7.49. The number of hydrazone groups is 1. The molecule has 2 aromatic rings. The van der Waals surface area contributed by atoms with E-state index in [1.807, 2.05) is 36.1 Å². The highest BCUT2D eigenvalue weighted by Crippen LogP contribution is 2.24. The fourth-order valence-corrected chi connectivity index (χ4v) is 3.65. The summed E-state index contributed by atoms with van der Waals surface area (Å²) in [5, 5.41) is 12.5. The van der Waals surface area contributed by atoms with E-state index < -0.39 is 6.04 Å². The molecule has 0 spiro atoms. The van der Waals surface area contributed by atoms with E-state index in [2.05, 4.69) is 20.6 Å². The summed E-state index contributed by atoms with van der Waals surface area (Å²) in [4.78, 5) is 31.2. The highest BCUT2D eigenvalue weighted by atomic mass is 16.5. The van der Waals surface area contributed by atoms with Gasteiger partial charge in [0.25, 0.3) is 0 Å². The molecule has 9 nitrogen and oxygen atoms in total. The second-order valence-electron chi connectivity index (χ2n) is 7.49. The van der Waals surface area contributed by atoms with Crippen LogP contribution in [0.25, 0.3) is 0 Å². The Balaban J connectivity index is 1.56. The summed E-state index contributed by atoms with van der Waals surface area (Å²) >= 11 is 0. The van der Waals surface area contributed by atoms with E-state index in [1.165, 1.54) is 5.01 Å². The van der Waals surface area contributed by atoms with Gasteiger partial charge in [0.1, 0.15) is 6.04 Å². The average Bonchev–Trinajstić information content (AvgIpc) is 3.41. The lowest BCUT2D eigenvalue weighted by atomic mass is 10.0. The van der Waals surface area contributed by atoms with Gasteiger partial charge in [-0.05, 0) is 32.8 Å². The van der Waals surface area contributed by atoms with Crippen molar-refractivity contribution < 1.29 is 14.1 Å². The lowest BCUT2D eigenvalue weighted by Gasteiger charge is -2.25. The van der Waals surface area contributed by atoms with Crippen molar-refractivity contribution in [1.82, 2.24) is 25.4 Å². The van der Waals surface area contributed by atoms with Gasteiger partial charge in [-0.2, -0.15) is 10.1 Å². The zero-order valence-corrected chi connectivity index (χ0v) is 16.8. The Bertz CT molecular complexity index is 951. The van der Waals surface area contributed by atoms with Crippen molar-refractivity contribution in [1.29, 1.82) is 0 Å². The molecule has 0 aliphatic carbocycles. The monoisotopic (exact) mass is 396 g/mol. The van der Waals surface area contributed by atoms with E-state index in [4.69, 9.17) is 4.52 Å². The largest absolute Gasteiger partial charge is 0.338 e. The lowest BCUT2D eigenvalue weighted by molar-refractivity contribution is -0.128. The minimum atomic E-state index is -0.450. The van der Waals surface area contributed by atoms with Crippen LogP contribution in [0.2, 0.25) is 0 Å². The smallest absolute Gasteiger partial charge is 0.337 e. The van der Waals surface area contributed by atoms with Crippen molar-refractivity contribution in [3.63, 3.8) is 0 Å². The third kappa shape index (κ3) is 3.85. The summed E-state index contributed by atoms with van der Waals surface area (Å²) in [5.41, 5.74) is 2.78. The fourth-order valence-electron chi connectivity index (χ4n) is 3.65. The SMILES string of the molecule is Cc1ccc(C2=NN(C(=O)NC(C)c3nc(C)no3)C[C@H]2N2CCCC2=O)cc1. The minimum absolute atomic E-state index is 0.103. The molecule has 2 aliphatic rings. The molecule has 4 rings (SSSR count). The van der Waals surface area contributed by atoms with E-state index in [1.54, 1.807) is 13.8 Å². The Kier molecular flexibility index (Phi) is 5.04. The molecular formula is C20H24N6O3. The van der Waals surface area contributed by atoms with Gasteiger partial charge in [-0.15, -0.1) is 0 Å².